The zero-order chi connectivity index (χ0) is 25.9. The second kappa shape index (κ2) is 19.2. The van der Waals surface area contributed by atoms with Gasteiger partial charge >= 0.3 is 0 Å². The van der Waals surface area contributed by atoms with E-state index >= 15 is 0 Å². The lowest BCUT2D eigenvalue weighted by atomic mass is 10.0. The van der Waals surface area contributed by atoms with E-state index in [0.717, 1.165) is 12.8 Å². The van der Waals surface area contributed by atoms with Crippen molar-refractivity contribution in [2.45, 2.75) is 92.1 Å². The Morgan fingerprint density at radius 2 is 0.853 bits per heavy atom. The lowest BCUT2D eigenvalue weighted by Crippen LogP contribution is -2.32. The highest BCUT2D eigenvalue weighted by Crippen LogP contribution is 2.08. The van der Waals surface area contributed by atoms with Gasteiger partial charge in [0, 0.05) is 51.9 Å². The molecule has 0 spiro atoms. The first-order valence-corrected chi connectivity index (χ1v) is 12.8. The lowest BCUT2D eigenvalue weighted by molar-refractivity contribution is -0.122. The van der Waals surface area contributed by atoms with Crippen LogP contribution in [0.1, 0.15) is 86.0 Å². The Labute approximate surface area is 205 Å². The van der Waals surface area contributed by atoms with Crippen LogP contribution in [0.2, 0.25) is 0 Å². The number of carbonyl (C=O) groups excluding carboxylic acids is 4. The third-order valence-corrected chi connectivity index (χ3v) is 5.61. The van der Waals surface area contributed by atoms with Gasteiger partial charge < -0.3 is 26.4 Å². The van der Waals surface area contributed by atoms with E-state index in [1.165, 1.54) is 0 Å². The number of hydrogen-bond acceptors (Lipinski definition) is 5. The van der Waals surface area contributed by atoms with E-state index in [-0.39, 0.29) is 47.9 Å². The first-order valence-electron chi connectivity index (χ1n) is 12.8. The predicted octanol–water partition coefficient (Wildman–Crippen LogP) is 1.88. The fraction of sp³-hybridized carbons (Fsp3) is 0.840. The van der Waals surface area contributed by atoms with Gasteiger partial charge in [0.25, 0.3) is 0 Å². The predicted molar refractivity (Wildman–Crippen MR) is 134 cm³/mol. The van der Waals surface area contributed by atoms with Gasteiger partial charge in [0.05, 0.1) is 6.10 Å². The molecule has 5 N–H and O–H groups in total. The molecule has 0 aliphatic carbocycles. The number of nitrogens with one attached hydrogen (secondary N) is 4. The Morgan fingerprint density at radius 1 is 0.559 bits per heavy atom. The highest BCUT2D eigenvalue weighted by molar-refractivity contribution is 5.77. The largest absolute Gasteiger partial charge is 0.392 e. The SMILES string of the molecule is CCCC(=O)NCC(C)CCC(=O)NCC(C)CCC(=O)NCC(C)CCC(=O)NCC(C)O. The van der Waals surface area contributed by atoms with Gasteiger partial charge in [-0.3, -0.25) is 19.2 Å². The van der Waals surface area contributed by atoms with Crippen LogP contribution in [0.5, 0.6) is 0 Å². The molecule has 0 radical (unpaired) electrons. The zero-order valence-electron chi connectivity index (χ0n) is 21.9. The van der Waals surface area contributed by atoms with E-state index in [2.05, 4.69) is 21.3 Å². The molecular formula is C25H48N4O5. The standard InChI is InChI=1S/C25H48N4O5/c1-6-7-22(31)26-14-18(2)8-11-23(32)27-15-19(3)9-12-24(33)28-16-20(4)10-13-25(34)29-17-21(5)30/h18-21,30H,6-17H2,1-5H3,(H,26,31)(H,27,32)(H,28,33)(H,29,34). The topological polar surface area (TPSA) is 137 Å². The molecule has 34 heavy (non-hydrogen) atoms. The molecular weight excluding hydrogens is 436 g/mol. The smallest absolute Gasteiger partial charge is 0.220 e. The summed E-state index contributed by atoms with van der Waals surface area (Å²) >= 11 is 0. The number of aliphatic hydroxyl groups excluding tert-OH is 1. The Bertz CT molecular complexity index is 612. The van der Waals surface area contributed by atoms with Gasteiger partial charge in [-0.2, -0.15) is 0 Å². The molecule has 0 fully saturated rings. The summed E-state index contributed by atoms with van der Waals surface area (Å²) in [6, 6.07) is 0. The number of rotatable bonds is 19. The number of hydrogen-bond donors (Lipinski definition) is 5. The van der Waals surface area contributed by atoms with Gasteiger partial charge in [-0.15, -0.1) is 0 Å². The molecule has 4 atom stereocenters. The summed E-state index contributed by atoms with van der Waals surface area (Å²) in [7, 11) is 0. The molecule has 9 heteroatoms. The maximum atomic E-state index is 12.1. The summed E-state index contributed by atoms with van der Waals surface area (Å²) in [5.74, 6) is 0.548. The van der Waals surface area contributed by atoms with E-state index in [9.17, 15) is 24.3 Å². The molecule has 0 aromatic heterocycles. The summed E-state index contributed by atoms with van der Waals surface area (Å²) in [4.78, 5) is 47.3. The van der Waals surface area contributed by atoms with Gasteiger partial charge in [0.2, 0.25) is 23.6 Å². The molecule has 0 saturated carbocycles. The quantitative estimate of drug-likeness (QED) is 0.191. The summed E-state index contributed by atoms with van der Waals surface area (Å²) in [5, 5.41) is 20.6. The molecule has 4 amide bonds. The third kappa shape index (κ3) is 19.3. The average Bonchev–Trinajstić information content (AvgIpc) is 2.79. The average molecular weight is 485 g/mol. The minimum Gasteiger partial charge on any atom is -0.392 e. The Kier molecular flexibility index (Phi) is 18.0. The maximum Gasteiger partial charge on any atom is 0.220 e. The van der Waals surface area contributed by atoms with Crippen LogP contribution in [0.3, 0.4) is 0 Å². The monoisotopic (exact) mass is 484 g/mol. The van der Waals surface area contributed by atoms with Crippen molar-refractivity contribution < 1.29 is 24.3 Å². The first-order chi connectivity index (χ1) is 16.0. The number of carbonyl (C=O) groups is 4. The van der Waals surface area contributed by atoms with Gasteiger partial charge in [-0.1, -0.05) is 27.7 Å². The van der Waals surface area contributed by atoms with Crippen LogP contribution in [0.15, 0.2) is 0 Å². The number of amides is 4. The molecule has 4 unspecified atom stereocenters. The number of aliphatic hydroxyl groups is 1. The molecule has 0 bridgehead atoms. The fourth-order valence-corrected chi connectivity index (χ4v) is 3.15. The second-order valence-corrected chi connectivity index (χ2v) is 9.75. The van der Waals surface area contributed by atoms with Crippen LogP contribution in [0, 0.1) is 17.8 Å². The lowest BCUT2D eigenvalue weighted by Gasteiger charge is -2.15. The van der Waals surface area contributed by atoms with Crippen LogP contribution in [-0.2, 0) is 19.2 Å². The highest BCUT2D eigenvalue weighted by Gasteiger charge is 2.12. The van der Waals surface area contributed by atoms with Crippen LogP contribution >= 0.6 is 0 Å². The molecule has 0 aliphatic rings. The first kappa shape index (κ1) is 31.8. The molecule has 9 nitrogen and oxygen atoms in total. The molecule has 0 saturated heterocycles. The fourth-order valence-electron chi connectivity index (χ4n) is 3.15. The summed E-state index contributed by atoms with van der Waals surface area (Å²) in [6.45, 7) is 11.5. The van der Waals surface area contributed by atoms with Crippen LogP contribution in [0.4, 0.5) is 0 Å². The zero-order valence-corrected chi connectivity index (χ0v) is 21.9. The summed E-state index contributed by atoms with van der Waals surface area (Å²) < 4.78 is 0. The third-order valence-electron chi connectivity index (χ3n) is 5.61. The van der Waals surface area contributed by atoms with E-state index in [0.29, 0.717) is 58.2 Å². The van der Waals surface area contributed by atoms with Gasteiger partial charge in [-0.25, -0.2) is 0 Å². The molecule has 0 heterocycles. The molecule has 0 aromatic carbocycles. The minimum atomic E-state index is -0.559. The molecule has 198 valence electrons. The van der Waals surface area contributed by atoms with Crippen LogP contribution in [0.25, 0.3) is 0 Å². The van der Waals surface area contributed by atoms with Crippen molar-refractivity contribution in [1.82, 2.24) is 21.3 Å². The van der Waals surface area contributed by atoms with E-state index in [1.54, 1.807) is 6.92 Å². The van der Waals surface area contributed by atoms with Crippen molar-refractivity contribution in [3.8, 4) is 0 Å². The Balaban J connectivity index is 3.86. The summed E-state index contributed by atoms with van der Waals surface area (Å²) in [6.07, 6.45) is 4.05. The Hall–Kier alpha value is -2.16. The van der Waals surface area contributed by atoms with Crippen molar-refractivity contribution in [3.63, 3.8) is 0 Å². The Morgan fingerprint density at radius 3 is 1.15 bits per heavy atom. The highest BCUT2D eigenvalue weighted by atomic mass is 16.3. The van der Waals surface area contributed by atoms with E-state index in [4.69, 9.17) is 0 Å². The minimum absolute atomic E-state index is 0.00524. The molecule has 0 rings (SSSR count). The van der Waals surface area contributed by atoms with Crippen molar-refractivity contribution in [1.29, 1.82) is 0 Å². The van der Waals surface area contributed by atoms with E-state index < -0.39 is 6.10 Å². The normalized spacial score (nSPS) is 14.4. The molecule has 0 aliphatic heterocycles. The second-order valence-electron chi connectivity index (χ2n) is 9.75. The van der Waals surface area contributed by atoms with Crippen molar-refractivity contribution in [3.05, 3.63) is 0 Å². The van der Waals surface area contributed by atoms with Gasteiger partial charge in [0.15, 0.2) is 0 Å². The van der Waals surface area contributed by atoms with E-state index in [1.807, 2.05) is 27.7 Å². The van der Waals surface area contributed by atoms with Crippen LogP contribution < -0.4 is 21.3 Å². The summed E-state index contributed by atoms with van der Waals surface area (Å²) in [5.41, 5.74) is 0. The maximum absolute atomic E-state index is 12.1. The van der Waals surface area contributed by atoms with Crippen molar-refractivity contribution in [2.75, 3.05) is 26.2 Å². The van der Waals surface area contributed by atoms with Crippen molar-refractivity contribution >= 4 is 23.6 Å². The molecule has 0 aromatic rings. The van der Waals surface area contributed by atoms with Crippen LogP contribution in [-0.4, -0.2) is 61.0 Å². The van der Waals surface area contributed by atoms with Gasteiger partial charge in [-0.05, 0) is 50.4 Å². The van der Waals surface area contributed by atoms with Crippen molar-refractivity contribution in [2.24, 2.45) is 17.8 Å². The van der Waals surface area contributed by atoms with Gasteiger partial charge in [0.1, 0.15) is 0 Å².